The van der Waals surface area contributed by atoms with E-state index in [-0.39, 0.29) is 80.9 Å². The number of carbonyl (C=O) groups is 5. The van der Waals surface area contributed by atoms with E-state index in [1.165, 1.54) is 21.3 Å². The molecule has 3 aliphatic rings. The van der Waals surface area contributed by atoms with Crippen LogP contribution in [0.25, 0.3) is 22.8 Å². The van der Waals surface area contributed by atoms with Crippen molar-refractivity contribution < 1.29 is 111 Å². The number of esters is 3. The van der Waals surface area contributed by atoms with Crippen molar-refractivity contribution in [3.05, 3.63) is 218 Å². The van der Waals surface area contributed by atoms with Crippen molar-refractivity contribution >= 4 is 68.0 Å². The fraction of sp³-hybridized carbons (Fsp3) is 0.373. The fourth-order valence-corrected chi connectivity index (χ4v) is 9.60. The van der Waals surface area contributed by atoms with E-state index in [0.29, 0.717) is 55.8 Å². The van der Waals surface area contributed by atoms with Gasteiger partial charge in [-0.05, 0) is 208 Å². The Bertz CT molecular complexity index is 4080. The van der Waals surface area contributed by atoms with Gasteiger partial charge in [0.1, 0.15) is 0 Å². The van der Waals surface area contributed by atoms with Gasteiger partial charge in [-0.25, -0.2) is 53.9 Å². The Hall–Kier alpha value is -8.11. The molecule has 542 valence electrons. The van der Waals surface area contributed by atoms with Crippen LogP contribution in [-0.4, -0.2) is 152 Å². The number of ether oxygens (including phenoxy) is 3. The number of carboxylic acid groups (broad SMARTS) is 2. The predicted molar refractivity (Wildman–Crippen MR) is 392 cm³/mol. The van der Waals surface area contributed by atoms with Gasteiger partial charge in [-0.15, -0.1) is 0 Å². The standard InChI is InChI=1S/C15H21BO4.C13H12N2O2.C12H24B2O4.C12H10N2O2.C10H12O2.C9H10O2.C4H3ClN2.Na.H2O/c1-10-7-8-12(11(9-10)13(17)18-6)16-19-14(2,3)15(4,5)20-16;1-9-4-5-10(11(8-9)13(16)17-2)12-14-6-3-7-15-12;1-9(2)10(3,4)16-13(15-9)14-17-11(5,6)12(7,8)18-14;1-8-3-4-9(10(7-8)12(15)16)11-13-5-2-6-14-11;1-7-4-5-8(2)9(6-7)10(11)12-3;1-6-3-4-7(2)8(5-6)9(10)11;5-4-6-2-1-3-7-4;;/h7-9H,1-6H3;3-8H,1-2H3;1-8H3;2-7H,1H3,(H,15,16);4-6H,1-3H3;3-5H,1-2H3,(H,10,11);1-3H;;1H2/q;;;;;;;+1;/p-1. The van der Waals surface area contributed by atoms with Crippen LogP contribution in [0.3, 0.4) is 0 Å². The largest absolute Gasteiger partial charge is 1.00 e. The average molecular weight is 1440 g/mol. The summed E-state index contributed by atoms with van der Waals surface area (Å²) >= 11 is 5.32. The first kappa shape index (κ1) is 89.1. The van der Waals surface area contributed by atoms with Crippen molar-refractivity contribution in [3.63, 3.8) is 0 Å². The Morgan fingerprint density at radius 1 is 0.379 bits per heavy atom. The van der Waals surface area contributed by atoms with Crippen molar-refractivity contribution in [2.45, 2.75) is 165 Å². The van der Waals surface area contributed by atoms with Gasteiger partial charge >= 0.3 is 80.5 Å². The van der Waals surface area contributed by atoms with Crippen LogP contribution >= 0.6 is 11.6 Å². The minimum Gasteiger partial charge on any atom is -0.870 e. The zero-order valence-electron chi connectivity index (χ0n) is 63.2. The molecule has 0 spiro atoms. The molecule has 0 amide bonds. The normalized spacial score (nSPS) is 15.4. The molecule has 8 aromatic rings. The summed E-state index contributed by atoms with van der Waals surface area (Å²) in [5.74, 6) is -1.89. The summed E-state index contributed by atoms with van der Waals surface area (Å²) in [5, 5.41) is 18.1. The van der Waals surface area contributed by atoms with E-state index < -0.39 is 44.3 Å². The monoisotopic (exact) mass is 1440 g/mol. The zero-order chi connectivity index (χ0) is 75.6. The van der Waals surface area contributed by atoms with Crippen molar-refractivity contribution in [1.29, 1.82) is 0 Å². The number of aromatic nitrogens is 6. The first-order valence-corrected chi connectivity index (χ1v) is 32.7. The predicted octanol–water partition coefficient (Wildman–Crippen LogP) is 10.8. The number of hydrogen-bond donors (Lipinski definition) is 2. The van der Waals surface area contributed by atoms with Gasteiger partial charge in [0.15, 0.2) is 11.6 Å². The fourth-order valence-electron chi connectivity index (χ4n) is 9.48. The van der Waals surface area contributed by atoms with Crippen molar-refractivity contribution in [2.75, 3.05) is 21.3 Å². The molecule has 0 unspecified atom stereocenters. The molecule has 5 aromatic carbocycles. The molecule has 3 aliphatic heterocycles. The maximum Gasteiger partial charge on any atom is 1.00 e. The molecule has 6 heterocycles. The van der Waals surface area contributed by atoms with Crippen LogP contribution in [0.5, 0.6) is 0 Å². The summed E-state index contributed by atoms with van der Waals surface area (Å²) in [5.41, 5.74) is 8.57. The van der Waals surface area contributed by atoms with E-state index in [1.807, 2.05) is 185 Å². The van der Waals surface area contributed by atoms with Crippen LogP contribution in [-0.2, 0) is 42.1 Å². The molecule has 3 N–H and O–H groups in total. The molecule has 28 heteroatoms. The second-order valence-electron chi connectivity index (χ2n) is 26.9. The molecule has 3 saturated heterocycles. The number of methoxy groups -OCH3 is 3. The first-order valence-electron chi connectivity index (χ1n) is 32.3. The minimum atomic E-state index is -0.967. The van der Waals surface area contributed by atoms with Gasteiger partial charge in [0.05, 0.1) is 82.8 Å². The second-order valence-corrected chi connectivity index (χ2v) is 27.2. The number of nitrogens with zero attached hydrogens (tertiary/aromatic N) is 6. The van der Waals surface area contributed by atoms with Crippen LogP contribution in [0.1, 0.15) is 174 Å². The maximum absolute atomic E-state index is 11.9. The molecule has 103 heavy (non-hydrogen) atoms. The minimum absolute atomic E-state index is 0. The number of hydrogen-bond acceptors (Lipinski definition) is 21. The van der Waals surface area contributed by atoms with Crippen molar-refractivity contribution in [2.24, 2.45) is 0 Å². The molecule has 0 radical (unpaired) electrons. The quantitative estimate of drug-likeness (QED) is 0.0587. The topological polar surface area (TPSA) is 316 Å². The summed E-state index contributed by atoms with van der Waals surface area (Å²) in [7, 11) is 2.62. The van der Waals surface area contributed by atoms with Crippen LogP contribution in [0.15, 0.2) is 146 Å². The zero-order valence-corrected chi connectivity index (χ0v) is 66.0. The van der Waals surface area contributed by atoms with E-state index in [9.17, 15) is 24.0 Å². The van der Waals surface area contributed by atoms with Crippen LogP contribution in [0.4, 0.5) is 0 Å². The Balaban J connectivity index is 0.000000316. The molecular formula is C75H93B3ClN6NaO17. The molecule has 0 atom stereocenters. The summed E-state index contributed by atoms with van der Waals surface area (Å²) in [6.07, 6.45) is 9.65. The molecule has 23 nitrogen and oxygen atoms in total. The first-order chi connectivity index (χ1) is 47.1. The Labute approximate surface area is 632 Å². The number of carboxylic acids is 2. The Morgan fingerprint density at radius 3 is 0.990 bits per heavy atom. The molecule has 0 bridgehead atoms. The SMILES string of the molecule is CC1(C)OB(B2OC(C)(C)C(C)(C)O2)OC1(C)C.COC(=O)c1cc(C)ccc1-c1ncccn1.COC(=O)c1cc(C)ccc1B1OC(C)(C)C(C)(C)O1.COC(=O)c1cc(C)ccc1C.Cc1ccc(-c2ncccn2)c(C(=O)O)c1.Cc1ccc(C)c(C(=O)O)c1.Clc1ncccn1.[Na+].[OH-]. The molecule has 0 aliphatic carbocycles. The van der Waals surface area contributed by atoms with Gasteiger partial charge in [-0.3, -0.25) is 0 Å². The third kappa shape index (κ3) is 24.5. The number of carbonyl (C=O) groups excluding carboxylic acids is 3. The van der Waals surface area contributed by atoms with E-state index >= 15 is 0 Å². The van der Waals surface area contributed by atoms with Crippen LogP contribution in [0.2, 0.25) is 5.28 Å². The van der Waals surface area contributed by atoms with Gasteiger partial charge in [-0.1, -0.05) is 88.5 Å². The molecule has 11 rings (SSSR count). The third-order valence-electron chi connectivity index (χ3n) is 17.4. The molecule has 3 aromatic heterocycles. The summed E-state index contributed by atoms with van der Waals surface area (Å²) in [6, 6.07) is 32.6. The van der Waals surface area contributed by atoms with E-state index in [1.54, 1.807) is 92.6 Å². The number of halogens is 1. The number of rotatable bonds is 9. The van der Waals surface area contributed by atoms with Crippen LogP contribution in [0, 0.1) is 48.5 Å². The molecule has 0 saturated carbocycles. The van der Waals surface area contributed by atoms with E-state index in [4.69, 9.17) is 59.2 Å². The summed E-state index contributed by atoms with van der Waals surface area (Å²) < 4.78 is 50.1. The Morgan fingerprint density at radius 2 is 0.650 bits per heavy atom. The second kappa shape index (κ2) is 38.6. The number of aryl methyl sites for hydroxylation is 7. The van der Waals surface area contributed by atoms with Gasteiger partial charge in [0.25, 0.3) is 0 Å². The van der Waals surface area contributed by atoms with E-state index in [2.05, 4.69) is 34.6 Å². The average Bonchev–Trinajstić information content (AvgIpc) is 1.60. The molecular weight excluding hydrogens is 1350 g/mol. The van der Waals surface area contributed by atoms with Crippen LogP contribution < -0.4 is 35.0 Å². The maximum atomic E-state index is 11.9. The third-order valence-corrected chi connectivity index (χ3v) is 17.6. The van der Waals surface area contributed by atoms with E-state index in [0.717, 1.165) is 38.9 Å². The number of benzene rings is 5. The Kier molecular flexibility index (Phi) is 33.4. The summed E-state index contributed by atoms with van der Waals surface area (Å²) in [4.78, 5) is 80.1. The number of aromatic carboxylic acids is 2. The van der Waals surface area contributed by atoms with Gasteiger partial charge in [0, 0.05) is 48.3 Å². The van der Waals surface area contributed by atoms with Gasteiger partial charge < -0.3 is 57.8 Å². The van der Waals surface area contributed by atoms with Crippen molar-refractivity contribution in [3.8, 4) is 22.8 Å². The van der Waals surface area contributed by atoms with Gasteiger partial charge in [-0.2, -0.15) is 0 Å². The summed E-state index contributed by atoms with van der Waals surface area (Å²) in [6.45, 7) is 37.4. The van der Waals surface area contributed by atoms with Gasteiger partial charge in [0.2, 0.25) is 5.28 Å². The smallest absolute Gasteiger partial charge is 0.870 e. The molecule has 3 fully saturated rings. The van der Waals surface area contributed by atoms with Crippen molar-refractivity contribution in [1.82, 2.24) is 29.9 Å².